The van der Waals surface area contributed by atoms with Crippen molar-refractivity contribution in [3.05, 3.63) is 164 Å². The summed E-state index contributed by atoms with van der Waals surface area (Å²) >= 11 is 0. The van der Waals surface area contributed by atoms with Gasteiger partial charge in [0.2, 0.25) is 0 Å². The lowest BCUT2D eigenvalue weighted by Crippen LogP contribution is -1.98. The van der Waals surface area contributed by atoms with Gasteiger partial charge in [0.15, 0.2) is 0 Å². The van der Waals surface area contributed by atoms with E-state index in [4.69, 9.17) is 4.42 Å². The third-order valence-corrected chi connectivity index (χ3v) is 10.4. The van der Waals surface area contributed by atoms with Gasteiger partial charge >= 0.3 is 0 Å². The van der Waals surface area contributed by atoms with Crippen LogP contribution >= 0.6 is 0 Å². The van der Waals surface area contributed by atoms with E-state index in [9.17, 15) is 0 Å². The van der Waals surface area contributed by atoms with Crippen molar-refractivity contribution in [2.75, 3.05) is 0 Å². The van der Waals surface area contributed by atoms with Crippen molar-refractivity contribution in [1.82, 2.24) is 4.57 Å². The molecular weight excluding hydrogens is 583 g/mol. The van der Waals surface area contributed by atoms with Gasteiger partial charge in [-0.2, -0.15) is 0 Å². The number of nitrogens with zero attached hydrogens (tertiary/aromatic N) is 1. The van der Waals surface area contributed by atoms with Crippen molar-refractivity contribution >= 4 is 76.1 Å². The summed E-state index contributed by atoms with van der Waals surface area (Å²) in [6.07, 6.45) is 0. The molecule has 0 unspecified atom stereocenters. The minimum atomic E-state index is 0.936. The Hall–Kier alpha value is -6.38. The molecule has 0 atom stereocenters. The standard InChI is InChI=1S/C46H27NO/c1-3-17-33-31(15-1)44(35-26-27-42-46-36(35)25-24-28-12-11-23-41(48-42)43(28)46)32-16-2-4-18-34(32)45(33)37-19-7-10-22-40(37)47-38-20-8-5-13-29(38)30-14-6-9-21-39(30)47/h1-27H. The number of para-hydroxylation sites is 3. The van der Waals surface area contributed by atoms with Gasteiger partial charge in [0.05, 0.1) is 16.7 Å². The van der Waals surface area contributed by atoms with E-state index >= 15 is 0 Å². The van der Waals surface area contributed by atoms with E-state index in [1.54, 1.807) is 0 Å². The zero-order chi connectivity index (χ0) is 31.3. The second-order valence-electron chi connectivity index (χ2n) is 12.8. The van der Waals surface area contributed by atoms with E-state index < -0.39 is 0 Å². The molecule has 0 aliphatic carbocycles. The number of aromatic nitrogens is 1. The molecule has 0 aliphatic rings. The predicted molar refractivity (Wildman–Crippen MR) is 203 cm³/mol. The second kappa shape index (κ2) is 9.57. The maximum atomic E-state index is 6.36. The first-order valence-corrected chi connectivity index (χ1v) is 16.5. The van der Waals surface area contributed by atoms with Crippen molar-refractivity contribution in [3.63, 3.8) is 0 Å². The quantitative estimate of drug-likeness (QED) is 0.144. The highest BCUT2D eigenvalue weighted by Gasteiger charge is 2.23. The predicted octanol–water partition coefficient (Wildman–Crippen LogP) is 12.9. The highest BCUT2D eigenvalue weighted by atomic mass is 16.3. The third-order valence-electron chi connectivity index (χ3n) is 10.4. The first-order valence-electron chi connectivity index (χ1n) is 16.5. The maximum absolute atomic E-state index is 6.36. The molecule has 11 rings (SSSR count). The molecule has 0 spiro atoms. The van der Waals surface area contributed by atoms with Crippen LogP contribution in [-0.2, 0) is 0 Å². The highest BCUT2D eigenvalue weighted by molar-refractivity contribution is 6.29. The molecule has 2 heterocycles. The maximum Gasteiger partial charge on any atom is 0.136 e. The van der Waals surface area contributed by atoms with Gasteiger partial charge in [0.1, 0.15) is 11.2 Å². The second-order valence-corrected chi connectivity index (χ2v) is 12.8. The van der Waals surface area contributed by atoms with Gasteiger partial charge in [-0.15, -0.1) is 0 Å². The van der Waals surface area contributed by atoms with E-state index in [0.717, 1.165) is 11.2 Å². The van der Waals surface area contributed by atoms with Gasteiger partial charge in [-0.25, -0.2) is 0 Å². The number of fused-ring (bicyclic) bond motifs is 5. The van der Waals surface area contributed by atoms with Gasteiger partial charge in [-0.05, 0) is 85.4 Å². The summed E-state index contributed by atoms with van der Waals surface area (Å²) in [6, 6.07) is 59.6. The van der Waals surface area contributed by atoms with Crippen LogP contribution in [0.2, 0.25) is 0 Å². The van der Waals surface area contributed by atoms with Gasteiger partial charge in [0, 0.05) is 27.1 Å². The minimum Gasteiger partial charge on any atom is -0.456 e. The van der Waals surface area contributed by atoms with E-state index in [1.165, 1.54) is 92.8 Å². The number of hydrogen-bond donors (Lipinski definition) is 0. The lowest BCUT2D eigenvalue weighted by Gasteiger charge is -2.21. The van der Waals surface area contributed by atoms with Crippen molar-refractivity contribution in [1.29, 1.82) is 0 Å². The third kappa shape index (κ3) is 3.36. The monoisotopic (exact) mass is 609 g/mol. The number of benzene rings is 9. The average Bonchev–Trinajstić information content (AvgIpc) is 3.70. The van der Waals surface area contributed by atoms with Crippen molar-refractivity contribution in [2.24, 2.45) is 0 Å². The molecule has 9 aromatic carbocycles. The van der Waals surface area contributed by atoms with Crippen molar-refractivity contribution in [3.8, 4) is 27.9 Å². The molecule has 0 saturated heterocycles. The van der Waals surface area contributed by atoms with E-state index in [-0.39, 0.29) is 0 Å². The Kier molecular flexibility index (Phi) is 5.14. The smallest absolute Gasteiger partial charge is 0.136 e. The van der Waals surface area contributed by atoms with Gasteiger partial charge in [-0.3, -0.25) is 0 Å². The Labute approximate surface area is 276 Å². The van der Waals surface area contributed by atoms with Gasteiger partial charge in [0.25, 0.3) is 0 Å². The zero-order valence-corrected chi connectivity index (χ0v) is 25.9. The number of rotatable bonds is 3. The Balaban J connectivity index is 1.27. The molecule has 2 nitrogen and oxygen atoms in total. The Morgan fingerprint density at radius 2 is 0.875 bits per heavy atom. The molecule has 0 N–H and O–H groups in total. The Morgan fingerprint density at radius 3 is 1.54 bits per heavy atom. The molecule has 2 heteroatoms. The Bertz CT molecular complexity index is 2960. The summed E-state index contributed by atoms with van der Waals surface area (Å²) in [6.45, 7) is 0. The van der Waals surface area contributed by atoms with Crippen LogP contribution in [0.3, 0.4) is 0 Å². The lowest BCUT2D eigenvalue weighted by atomic mass is 9.84. The van der Waals surface area contributed by atoms with Crippen LogP contribution < -0.4 is 0 Å². The fraction of sp³-hybridized carbons (Fsp3) is 0. The minimum absolute atomic E-state index is 0.936. The fourth-order valence-electron chi connectivity index (χ4n) is 8.44. The first-order chi connectivity index (χ1) is 23.8. The molecule has 0 saturated carbocycles. The van der Waals surface area contributed by atoms with Crippen LogP contribution in [0, 0.1) is 0 Å². The average molecular weight is 610 g/mol. The van der Waals surface area contributed by atoms with Crippen LogP contribution in [0.25, 0.3) is 104 Å². The van der Waals surface area contributed by atoms with E-state index in [0.29, 0.717) is 0 Å². The van der Waals surface area contributed by atoms with Gasteiger partial charge in [-0.1, -0.05) is 127 Å². The number of hydrogen-bond acceptors (Lipinski definition) is 1. The van der Waals surface area contributed by atoms with Gasteiger partial charge < -0.3 is 8.98 Å². The zero-order valence-electron chi connectivity index (χ0n) is 25.9. The largest absolute Gasteiger partial charge is 0.456 e. The molecule has 222 valence electrons. The topological polar surface area (TPSA) is 18.1 Å². The van der Waals surface area contributed by atoms with Crippen LogP contribution in [-0.4, -0.2) is 4.57 Å². The Morgan fingerprint density at radius 1 is 0.333 bits per heavy atom. The van der Waals surface area contributed by atoms with Crippen LogP contribution in [0.5, 0.6) is 0 Å². The van der Waals surface area contributed by atoms with E-state index in [1.807, 2.05) is 0 Å². The highest BCUT2D eigenvalue weighted by Crippen LogP contribution is 2.49. The van der Waals surface area contributed by atoms with Crippen molar-refractivity contribution in [2.45, 2.75) is 0 Å². The van der Waals surface area contributed by atoms with Crippen molar-refractivity contribution < 1.29 is 4.42 Å². The molecule has 0 aliphatic heterocycles. The fourth-order valence-corrected chi connectivity index (χ4v) is 8.44. The summed E-state index contributed by atoms with van der Waals surface area (Å²) < 4.78 is 8.81. The van der Waals surface area contributed by atoms with Crippen LogP contribution in [0.15, 0.2) is 168 Å². The molecule has 11 aromatic rings. The molecule has 0 bridgehead atoms. The molecule has 48 heavy (non-hydrogen) atoms. The summed E-state index contributed by atoms with van der Waals surface area (Å²) in [7, 11) is 0. The normalized spacial score (nSPS) is 12.2. The molecule has 2 aromatic heterocycles. The lowest BCUT2D eigenvalue weighted by molar-refractivity contribution is 0.669. The van der Waals surface area contributed by atoms with Crippen LogP contribution in [0.4, 0.5) is 0 Å². The summed E-state index contributed by atoms with van der Waals surface area (Å²) in [4.78, 5) is 0. The van der Waals surface area contributed by atoms with Crippen LogP contribution in [0.1, 0.15) is 0 Å². The summed E-state index contributed by atoms with van der Waals surface area (Å²) in [5, 5.41) is 12.3. The molecule has 0 radical (unpaired) electrons. The summed E-state index contributed by atoms with van der Waals surface area (Å²) in [5.74, 6) is 0. The molecule has 0 amide bonds. The van der Waals surface area contributed by atoms with E-state index in [2.05, 4.69) is 168 Å². The SMILES string of the molecule is c1ccc(-n2c3ccccc3c3ccccc32)c(-c2c3ccccc3c(-c3ccc4oc5cccc6ccc3c4c65)c3ccccc23)c1. The number of furan rings is 1. The first kappa shape index (κ1) is 25.8. The summed E-state index contributed by atoms with van der Waals surface area (Å²) in [5.41, 5.74) is 10.4. The molecular formula is C46H27NO. The molecule has 0 fully saturated rings.